The first-order valence-electron chi connectivity index (χ1n) is 7.32. The molecule has 2 atom stereocenters. The van der Waals surface area contributed by atoms with E-state index in [4.69, 9.17) is 4.74 Å². The normalized spacial score (nSPS) is 26.8. The van der Waals surface area contributed by atoms with Gasteiger partial charge in [0.25, 0.3) is 0 Å². The summed E-state index contributed by atoms with van der Waals surface area (Å²) < 4.78 is 5.79. The summed E-state index contributed by atoms with van der Waals surface area (Å²) in [7, 11) is 0. The number of aromatic hydroxyl groups is 1. The van der Waals surface area contributed by atoms with Gasteiger partial charge in [-0.05, 0) is 30.7 Å². The van der Waals surface area contributed by atoms with Crippen LogP contribution in [0.2, 0.25) is 0 Å². The molecule has 1 saturated heterocycles. The van der Waals surface area contributed by atoms with E-state index in [0.717, 1.165) is 30.6 Å². The summed E-state index contributed by atoms with van der Waals surface area (Å²) in [5.41, 5.74) is 1.06. The second kappa shape index (κ2) is 5.43. The Morgan fingerprint density at radius 2 is 1.80 bits per heavy atom. The van der Waals surface area contributed by atoms with E-state index in [9.17, 15) is 5.11 Å². The predicted molar refractivity (Wildman–Crippen MR) is 80.0 cm³/mol. The van der Waals surface area contributed by atoms with Crippen LogP contribution in [0.3, 0.4) is 0 Å². The molecule has 2 aromatic rings. The molecule has 1 aliphatic heterocycles. The van der Waals surface area contributed by atoms with Crippen LogP contribution in [-0.4, -0.2) is 30.4 Å². The van der Waals surface area contributed by atoms with Crippen molar-refractivity contribution in [2.75, 3.05) is 13.1 Å². The third-order valence-electron chi connectivity index (χ3n) is 4.06. The van der Waals surface area contributed by atoms with Gasteiger partial charge in [-0.25, -0.2) is 0 Å². The molecule has 0 radical (unpaired) electrons. The average molecular weight is 272 g/mol. The number of benzene rings is 2. The first kappa shape index (κ1) is 13.4. The number of hydrogen-bond donors (Lipinski definition) is 2. The van der Waals surface area contributed by atoms with Gasteiger partial charge in [-0.15, -0.1) is 0 Å². The fourth-order valence-corrected chi connectivity index (χ4v) is 3.29. The van der Waals surface area contributed by atoms with Crippen molar-refractivity contribution in [3.05, 3.63) is 42.0 Å². The summed E-state index contributed by atoms with van der Waals surface area (Å²) in [5.74, 6) is 0.406. The molecule has 20 heavy (non-hydrogen) atoms. The van der Waals surface area contributed by atoms with Gasteiger partial charge in [0, 0.05) is 0 Å². The first-order valence-corrected chi connectivity index (χ1v) is 7.32. The highest BCUT2D eigenvalue weighted by Crippen LogP contribution is 2.26. The Bertz CT molecular complexity index is 601. The molecule has 3 nitrogen and oxygen atoms in total. The minimum absolute atomic E-state index is 0.283. The number of morpholine rings is 1. The lowest BCUT2D eigenvalue weighted by molar-refractivity contribution is -0.928. The van der Waals surface area contributed by atoms with Gasteiger partial charge < -0.3 is 14.7 Å². The number of phenolic OH excluding ortho intramolecular Hbond substituents is 1. The van der Waals surface area contributed by atoms with Crippen LogP contribution in [-0.2, 0) is 11.3 Å². The van der Waals surface area contributed by atoms with Gasteiger partial charge in [0.15, 0.2) is 0 Å². The molecule has 0 aliphatic carbocycles. The van der Waals surface area contributed by atoms with E-state index < -0.39 is 0 Å². The molecular weight excluding hydrogens is 250 g/mol. The molecule has 0 unspecified atom stereocenters. The molecular formula is C17H22NO2+. The van der Waals surface area contributed by atoms with Crippen LogP contribution in [0.25, 0.3) is 10.8 Å². The van der Waals surface area contributed by atoms with Gasteiger partial charge in [0.2, 0.25) is 0 Å². The lowest BCUT2D eigenvalue weighted by Crippen LogP contribution is -3.14. The lowest BCUT2D eigenvalue weighted by atomic mass is 10.0. The molecule has 1 fully saturated rings. The molecule has 3 rings (SSSR count). The fourth-order valence-electron chi connectivity index (χ4n) is 3.29. The van der Waals surface area contributed by atoms with Gasteiger partial charge in [0.1, 0.15) is 37.6 Å². The van der Waals surface area contributed by atoms with Crippen LogP contribution >= 0.6 is 0 Å². The molecule has 0 amide bonds. The third kappa shape index (κ3) is 2.65. The molecule has 3 heteroatoms. The van der Waals surface area contributed by atoms with E-state index in [1.807, 2.05) is 24.3 Å². The van der Waals surface area contributed by atoms with E-state index >= 15 is 0 Å². The van der Waals surface area contributed by atoms with Crippen molar-refractivity contribution in [1.29, 1.82) is 0 Å². The standard InChI is InChI=1S/C17H21NO2/c1-12-9-18(10-13(2)20-12)11-16-15-6-4-3-5-14(15)7-8-17(16)19/h3-8,12-13,19H,9-11H2,1-2H3/p+1/t12-,13-/m1/s1. The summed E-state index contributed by atoms with van der Waals surface area (Å²) in [6, 6.07) is 12.0. The van der Waals surface area contributed by atoms with Crippen LogP contribution < -0.4 is 4.90 Å². The van der Waals surface area contributed by atoms with E-state index in [2.05, 4.69) is 26.0 Å². The number of phenols is 1. The van der Waals surface area contributed by atoms with Crippen LogP contribution in [0.4, 0.5) is 0 Å². The number of hydrogen-bond acceptors (Lipinski definition) is 2. The van der Waals surface area contributed by atoms with Gasteiger partial charge in [-0.2, -0.15) is 0 Å². The molecule has 2 N–H and O–H groups in total. The van der Waals surface area contributed by atoms with Crippen LogP contribution in [0.15, 0.2) is 36.4 Å². The zero-order valence-corrected chi connectivity index (χ0v) is 12.1. The molecule has 0 bridgehead atoms. The molecule has 0 spiro atoms. The van der Waals surface area contributed by atoms with Crippen molar-refractivity contribution in [3.63, 3.8) is 0 Å². The highest BCUT2D eigenvalue weighted by molar-refractivity contribution is 5.87. The summed E-state index contributed by atoms with van der Waals surface area (Å²) in [6.45, 7) is 7.09. The molecule has 1 aliphatic rings. The zero-order valence-electron chi connectivity index (χ0n) is 12.1. The number of rotatable bonds is 2. The number of nitrogens with one attached hydrogen (secondary N) is 1. The van der Waals surface area contributed by atoms with Crippen molar-refractivity contribution >= 4 is 10.8 Å². The Labute approximate surface area is 119 Å². The summed E-state index contributed by atoms with van der Waals surface area (Å²) in [5, 5.41) is 12.6. The number of fused-ring (bicyclic) bond motifs is 1. The number of ether oxygens (including phenoxy) is 1. The maximum Gasteiger partial charge on any atom is 0.125 e. The van der Waals surface area contributed by atoms with Crippen molar-refractivity contribution < 1.29 is 14.7 Å². The fraction of sp³-hybridized carbons (Fsp3) is 0.412. The smallest absolute Gasteiger partial charge is 0.125 e. The third-order valence-corrected chi connectivity index (χ3v) is 4.06. The SMILES string of the molecule is C[C@@H]1C[NH+](Cc2c(O)ccc3ccccc23)C[C@@H](C)O1. The van der Waals surface area contributed by atoms with Crippen molar-refractivity contribution in [1.82, 2.24) is 0 Å². The summed E-state index contributed by atoms with van der Waals surface area (Å²) in [6.07, 6.45) is 0.566. The van der Waals surface area contributed by atoms with Gasteiger partial charge in [0.05, 0.1) is 5.56 Å². The maximum absolute atomic E-state index is 10.2. The second-order valence-electron chi connectivity index (χ2n) is 5.88. The van der Waals surface area contributed by atoms with Crippen molar-refractivity contribution in [2.24, 2.45) is 0 Å². The Balaban J connectivity index is 1.92. The quantitative estimate of drug-likeness (QED) is 0.873. The topological polar surface area (TPSA) is 33.9 Å². The summed E-state index contributed by atoms with van der Waals surface area (Å²) in [4.78, 5) is 1.47. The minimum Gasteiger partial charge on any atom is -0.507 e. The lowest BCUT2D eigenvalue weighted by Gasteiger charge is -2.32. The van der Waals surface area contributed by atoms with Gasteiger partial charge >= 0.3 is 0 Å². The second-order valence-corrected chi connectivity index (χ2v) is 5.88. The Morgan fingerprint density at radius 3 is 2.55 bits per heavy atom. The van der Waals surface area contributed by atoms with Gasteiger partial charge in [-0.3, -0.25) is 0 Å². The Kier molecular flexibility index (Phi) is 3.64. The zero-order chi connectivity index (χ0) is 14.1. The van der Waals surface area contributed by atoms with Crippen molar-refractivity contribution in [2.45, 2.75) is 32.6 Å². The first-order chi connectivity index (χ1) is 9.63. The number of quaternary nitrogens is 1. The monoisotopic (exact) mass is 272 g/mol. The van der Waals surface area contributed by atoms with E-state index in [0.29, 0.717) is 5.75 Å². The van der Waals surface area contributed by atoms with Crippen LogP contribution in [0.5, 0.6) is 5.75 Å². The minimum atomic E-state index is 0.283. The predicted octanol–water partition coefficient (Wildman–Crippen LogP) is 1.74. The Morgan fingerprint density at radius 1 is 1.10 bits per heavy atom. The van der Waals surface area contributed by atoms with Crippen molar-refractivity contribution in [3.8, 4) is 5.75 Å². The van der Waals surface area contributed by atoms with Gasteiger partial charge in [-0.1, -0.05) is 30.3 Å². The van der Waals surface area contributed by atoms with Crippen LogP contribution in [0.1, 0.15) is 19.4 Å². The highest BCUT2D eigenvalue weighted by Gasteiger charge is 2.26. The molecule has 0 aromatic heterocycles. The Hall–Kier alpha value is -1.58. The maximum atomic E-state index is 10.2. The molecule has 0 saturated carbocycles. The van der Waals surface area contributed by atoms with Crippen LogP contribution in [0, 0.1) is 0 Å². The van der Waals surface area contributed by atoms with E-state index in [1.54, 1.807) is 0 Å². The largest absolute Gasteiger partial charge is 0.507 e. The average Bonchev–Trinajstić information content (AvgIpc) is 2.41. The van der Waals surface area contributed by atoms with E-state index in [1.165, 1.54) is 10.3 Å². The molecule has 1 heterocycles. The summed E-state index contributed by atoms with van der Waals surface area (Å²) >= 11 is 0. The molecule has 2 aromatic carbocycles. The highest BCUT2D eigenvalue weighted by atomic mass is 16.5. The van der Waals surface area contributed by atoms with E-state index in [-0.39, 0.29) is 12.2 Å². The molecule has 106 valence electrons.